The molecule has 4 N–H and O–H groups in total. The SMILES string of the molecule is NC(=O)CN(CCC1CCCCC1)C(=O)C1CC2CCCC(C1)C2N. The molecule has 0 saturated heterocycles. The van der Waals surface area contributed by atoms with Crippen molar-refractivity contribution >= 4 is 11.8 Å². The Balaban J connectivity index is 1.59. The minimum atomic E-state index is -0.398. The first-order chi connectivity index (χ1) is 12.0. The first-order valence-corrected chi connectivity index (χ1v) is 10.4. The summed E-state index contributed by atoms with van der Waals surface area (Å²) in [6, 6.07) is 0.268. The van der Waals surface area contributed by atoms with Crippen LogP contribution in [0.4, 0.5) is 0 Å². The van der Waals surface area contributed by atoms with Crippen molar-refractivity contribution < 1.29 is 9.59 Å². The van der Waals surface area contributed by atoms with Crippen molar-refractivity contribution in [1.29, 1.82) is 0 Å². The van der Waals surface area contributed by atoms with Crippen LogP contribution < -0.4 is 11.5 Å². The Morgan fingerprint density at radius 1 is 0.920 bits per heavy atom. The fourth-order valence-corrected chi connectivity index (χ4v) is 5.52. The zero-order chi connectivity index (χ0) is 17.8. The van der Waals surface area contributed by atoms with Gasteiger partial charge in [0.25, 0.3) is 0 Å². The predicted octanol–water partition coefficient (Wildman–Crippen LogP) is 2.42. The van der Waals surface area contributed by atoms with Crippen molar-refractivity contribution in [3.63, 3.8) is 0 Å². The van der Waals surface area contributed by atoms with Crippen molar-refractivity contribution in [3.05, 3.63) is 0 Å². The van der Waals surface area contributed by atoms with Gasteiger partial charge in [-0.1, -0.05) is 38.5 Å². The van der Waals surface area contributed by atoms with Crippen LogP contribution >= 0.6 is 0 Å². The van der Waals surface area contributed by atoms with Gasteiger partial charge in [0.2, 0.25) is 11.8 Å². The lowest BCUT2D eigenvalue weighted by atomic mass is 9.65. The summed E-state index contributed by atoms with van der Waals surface area (Å²) in [6.07, 6.45) is 12.8. The smallest absolute Gasteiger partial charge is 0.237 e. The Morgan fingerprint density at radius 2 is 1.56 bits per heavy atom. The van der Waals surface area contributed by atoms with Crippen LogP contribution in [0, 0.1) is 23.7 Å². The summed E-state index contributed by atoms with van der Waals surface area (Å²) in [7, 11) is 0. The van der Waals surface area contributed by atoms with Gasteiger partial charge in [-0.15, -0.1) is 0 Å². The quantitative estimate of drug-likeness (QED) is 0.772. The van der Waals surface area contributed by atoms with Gasteiger partial charge in [0.1, 0.15) is 0 Å². The summed E-state index contributed by atoms with van der Waals surface area (Å²) in [6.45, 7) is 0.758. The molecule has 5 nitrogen and oxygen atoms in total. The van der Waals surface area contributed by atoms with E-state index in [-0.39, 0.29) is 24.4 Å². The lowest BCUT2D eigenvalue weighted by Crippen LogP contribution is -2.51. The predicted molar refractivity (Wildman–Crippen MR) is 98.5 cm³/mol. The third-order valence-electron chi connectivity index (χ3n) is 6.95. The van der Waals surface area contributed by atoms with Gasteiger partial charge in [-0.3, -0.25) is 9.59 Å². The molecule has 0 aromatic heterocycles. The average molecular weight is 350 g/mol. The molecule has 0 aromatic rings. The third-order valence-corrected chi connectivity index (χ3v) is 6.95. The summed E-state index contributed by atoms with van der Waals surface area (Å²) >= 11 is 0. The molecule has 3 aliphatic rings. The Kier molecular flexibility index (Phi) is 6.37. The van der Waals surface area contributed by atoms with Crippen LogP contribution in [0.3, 0.4) is 0 Å². The number of nitrogens with two attached hydrogens (primary N) is 2. The van der Waals surface area contributed by atoms with Gasteiger partial charge >= 0.3 is 0 Å². The number of amides is 2. The van der Waals surface area contributed by atoms with E-state index in [0.29, 0.717) is 24.3 Å². The highest BCUT2D eigenvalue weighted by Gasteiger charge is 2.41. The lowest BCUT2D eigenvalue weighted by molar-refractivity contribution is -0.141. The molecule has 3 aliphatic carbocycles. The van der Waals surface area contributed by atoms with E-state index in [1.807, 2.05) is 0 Å². The molecule has 3 saturated carbocycles. The van der Waals surface area contributed by atoms with Crippen molar-refractivity contribution in [2.24, 2.45) is 35.1 Å². The van der Waals surface area contributed by atoms with E-state index in [4.69, 9.17) is 11.5 Å². The summed E-state index contributed by atoms with van der Waals surface area (Å²) in [4.78, 5) is 26.4. The first-order valence-electron chi connectivity index (χ1n) is 10.4. The van der Waals surface area contributed by atoms with Crippen LogP contribution in [0.1, 0.15) is 70.6 Å². The molecule has 0 aromatic carbocycles. The van der Waals surface area contributed by atoms with Crippen molar-refractivity contribution in [2.75, 3.05) is 13.1 Å². The highest BCUT2D eigenvalue weighted by Crippen LogP contribution is 2.42. The van der Waals surface area contributed by atoms with E-state index in [1.54, 1.807) is 4.90 Å². The standard InChI is InChI=1S/C20H35N3O2/c21-18(24)13-23(10-9-14-5-2-1-3-6-14)20(25)17-11-15-7-4-8-16(12-17)19(15)22/h14-17,19H,1-13,22H2,(H2,21,24). The maximum atomic E-state index is 13.1. The number of carbonyl (C=O) groups excluding carboxylic acids is 2. The van der Waals surface area contributed by atoms with E-state index in [9.17, 15) is 9.59 Å². The molecule has 3 rings (SSSR count). The minimum absolute atomic E-state index is 0.0424. The van der Waals surface area contributed by atoms with Gasteiger partial charge in [0.05, 0.1) is 6.54 Å². The summed E-state index contributed by atoms with van der Waals surface area (Å²) in [5.41, 5.74) is 11.8. The zero-order valence-corrected chi connectivity index (χ0v) is 15.5. The average Bonchev–Trinajstić information content (AvgIpc) is 2.58. The van der Waals surface area contributed by atoms with E-state index in [0.717, 1.165) is 32.1 Å². The van der Waals surface area contributed by atoms with Crippen LogP contribution in [-0.4, -0.2) is 35.8 Å². The van der Waals surface area contributed by atoms with Crippen molar-refractivity contribution in [2.45, 2.75) is 76.7 Å². The molecule has 0 aliphatic heterocycles. The van der Waals surface area contributed by atoms with E-state index < -0.39 is 5.91 Å². The summed E-state index contributed by atoms with van der Waals surface area (Å²) in [5.74, 6) is 1.46. The number of carbonyl (C=O) groups is 2. The molecule has 2 unspecified atom stereocenters. The van der Waals surface area contributed by atoms with Gasteiger partial charge in [-0.25, -0.2) is 0 Å². The normalized spacial score (nSPS) is 33.0. The Labute approximate surface area is 151 Å². The molecule has 5 heteroatoms. The number of hydrogen-bond acceptors (Lipinski definition) is 3. The Morgan fingerprint density at radius 3 is 2.16 bits per heavy atom. The largest absolute Gasteiger partial charge is 0.368 e. The van der Waals surface area contributed by atoms with E-state index >= 15 is 0 Å². The second-order valence-electron chi connectivity index (χ2n) is 8.72. The first kappa shape index (κ1) is 18.7. The van der Waals surface area contributed by atoms with Crippen molar-refractivity contribution in [3.8, 4) is 0 Å². The molecule has 2 bridgehead atoms. The second kappa shape index (κ2) is 8.52. The molecule has 2 amide bonds. The highest BCUT2D eigenvalue weighted by atomic mass is 16.2. The molecule has 2 atom stereocenters. The Bertz CT molecular complexity index is 462. The fourth-order valence-electron chi connectivity index (χ4n) is 5.52. The second-order valence-corrected chi connectivity index (χ2v) is 8.72. The van der Waals surface area contributed by atoms with Crippen LogP contribution in [0.25, 0.3) is 0 Å². The number of fused-ring (bicyclic) bond motifs is 2. The minimum Gasteiger partial charge on any atom is -0.368 e. The maximum absolute atomic E-state index is 13.1. The molecular formula is C20H35N3O2. The molecule has 25 heavy (non-hydrogen) atoms. The van der Waals surface area contributed by atoms with Gasteiger partial charge in [-0.2, -0.15) is 0 Å². The molecular weight excluding hydrogens is 314 g/mol. The number of hydrogen-bond donors (Lipinski definition) is 2. The number of nitrogens with zero attached hydrogens (tertiary/aromatic N) is 1. The third kappa shape index (κ3) is 4.75. The molecule has 142 valence electrons. The van der Waals surface area contributed by atoms with Gasteiger partial charge < -0.3 is 16.4 Å². The monoisotopic (exact) mass is 349 g/mol. The van der Waals surface area contributed by atoms with Gasteiger partial charge in [-0.05, 0) is 49.9 Å². The van der Waals surface area contributed by atoms with Crippen molar-refractivity contribution in [1.82, 2.24) is 4.90 Å². The van der Waals surface area contributed by atoms with Crippen LogP contribution in [-0.2, 0) is 9.59 Å². The van der Waals surface area contributed by atoms with Crippen LogP contribution in [0.15, 0.2) is 0 Å². The maximum Gasteiger partial charge on any atom is 0.237 e. The van der Waals surface area contributed by atoms with Crippen LogP contribution in [0.2, 0.25) is 0 Å². The molecule has 0 heterocycles. The highest BCUT2D eigenvalue weighted by molar-refractivity contribution is 5.85. The fraction of sp³-hybridized carbons (Fsp3) is 0.900. The topological polar surface area (TPSA) is 89.4 Å². The Hall–Kier alpha value is -1.10. The number of primary amides is 1. The molecule has 0 radical (unpaired) electrons. The zero-order valence-electron chi connectivity index (χ0n) is 15.5. The summed E-state index contributed by atoms with van der Waals surface area (Å²) < 4.78 is 0. The molecule has 3 fully saturated rings. The van der Waals surface area contributed by atoms with Gasteiger partial charge in [0, 0.05) is 18.5 Å². The van der Waals surface area contributed by atoms with Crippen LogP contribution in [0.5, 0.6) is 0 Å². The molecule has 0 spiro atoms. The number of rotatable bonds is 6. The van der Waals surface area contributed by atoms with E-state index in [1.165, 1.54) is 38.5 Å². The summed E-state index contributed by atoms with van der Waals surface area (Å²) in [5, 5.41) is 0. The van der Waals surface area contributed by atoms with Gasteiger partial charge in [0.15, 0.2) is 0 Å². The van der Waals surface area contributed by atoms with E-state index in [2.05, 4.69) is 0 Å². The lowest BCUT2D eigenvalue weighted by Gasteiger charge is -2.44.